The van der Waals surface area contributed by atoms with Crippen molar-refractivity contribution in [3.05, 3.63) is 60.7 Å². The third kappa shape index (κ3) is 9.35. The quantitative estimate of drug-likeness (QED) is 0.101. The molecule has 0 aliphatic carbocycles. The molecule has 1 atom stereocenters. The first-order valence-electron chi connectivity index (χ1n) is 9.51. The molecule has 0 spiro atoms. The van der Waals surface area contributed by atoms with E-state index >= 15 is 0 Å². The van der Waals surface area contributed by atoms with E-state index in [0.717, 1.165) is 25.4 Å². The van der Waals surface area contributed by atoms with Crippen molar-refractivity contribution in [1.82, 2.24) is 0 Å². The number of ether oxygens (including phenoxy) is 1. The van der Waals surface area contributed by atoms with E-state index in [9.17, 15) is 4.79 Å². The van der Waals surface area contributed by atoms with Crippen LogP contribution in [-0.2, 0) is 9.53 Å². The number of esters is 1. The first-order valence-corrected chi connectivity index (χ1v) is 12.0. The maximum absolute atomic E-state index is 12.1. The van der Waals surface area contributed by atoms with Crippen molar-refractivity contribution in [2.75, 3.05) is 12.8 Å². The summed E-state index contributed by atoms with van der Waals surface area (Å²) >= 11 is 3.78. The fourth-order valence-electron chi connectivity index (χ4n) is 2.82. The van der Waals surface area contributed by atoms with Crippen LogP contribution in [-0.4, -0.2) is 22.8 Å². The van der Waals surface area contributed by atoms with Crippen molar-refractivity contribution < 1.29 is 9.53 Å². The number of carbonyl (C=O) groups is 1. The van der Waals surface area contributed by atoms with Crippen LogP contribution < -0.4 is 0 Å². The van der Waals surface area contributed by atoms with E-state index in [4.69, 9.17) is 4.74 Å². The zero-order chi connectivity index (χ0) is 19.4. The smallest absolute Gasteiger partial charge is 0.305 e. The molecule has 0 N–H and O–H groups in total. The van der Waals surface area contributed by atoms with Crippen molar-refractivity contribution in [3.8, 4) is 0 Å². The fourth-order valence-corrected chi connectivity index (χ4v) is 6.20. The van der Waals surface area contributed by atoms with E-state index in [1.807, 2.05) is 42.6 Å². The topological polar surface area (TPSA) is 26.3 Å². The lowest BCUT2D eigenvalue weighted by Gasteiger charge is -2.33. The molecule has 2 rings (SSSR count). The summed E-state index contributed by atoms with van der Waals surface area (Å²) in [4.78, 5) is 14.6. The number of halogens is 1. The molecule has 0 amide bonds. The van der Waals surface area contributed by atoms with Crippen molar-refractivity contribution >= 4 is 55.7 Å². The summed E-state index contributed by atoms with van der Waals surface area (Å²) < 4.78 is 5.11. The van der Waals surface area contributed by atoms with Gasteiger partial charge in [0.15, 0.2) is 0 Å². The second-order valence-corrected chi connectivity index (χ2v) is 10.0. The number of unbranched alkanes of at least 4 members (excludes halogenated alkanes) is 1. The number of benzene rings is 2. The standard InChI is InChI=1S/C22H29O2PS2.BrH/c1-2-24-21(23)15-17-22(16-9-10-18-25,26-19-11-5-3-6-12-19)27-20-13-7-4-8-14-20;/h3-8,11-14H,2,9-10,15-18,25H2,1H3;1H. The van der Waals surface area contributed by atoms with Gasteiger partial charge in [0.25, 0.3) is 0 Å². The van der Waals surface area contributed by atoms with E-state index in [2.05, 4.69) is 57.8 Å². The minimum absolute atomic E-state index is 0. The van der Waals surface area contributed by atoms with Gasteiger partial charge in [0.2, 0.25) is 0 Å². The van der Waals surface area contributed by atoms with Crippen LogP contribution in [0.25, 0.3) is 0 Å². The Bertz CT molecular complexity index is 629. The molecule has 154 valence electrons. The van der Waals surface area contributed by atoms with Crippen LogP contribution >= 0.6 is 49.7 Å². The van der Waals surface area contributed by atoms with Crippen molar-refractivity contribution in [2.24, 2.45) is 0 Å². The zero-order valence-electron chi connectivity index (χ0n) is 16.3. The number of hydrogen-bond donors (Lipinski definition) is 0. The van der Waals surface area contributed by atoms with Crippen LogP contribution in [0.4, 0.5) is 0 Å². The molecule has 0 saturated heterocycles. The third-order valence-electron chi connectivity index (χ3n) is 4.12. The first-order chi connectivity index (χ1) is 13.2. The third-order valence-corrected chi connectivity index (χ3v) is 7.61. The molecule has 0 radical (unpaired) electrons. The van der Waals surface area contributed by atoms with Crippen LogP contribution in [0.1, 0.15) is 39.0 Å². The van der Waals surface area contributed by atoms with Crippen molar-refractivity contribution in [2.45, 2.75) is 52.9 Å². The van der Waals surface area contributed by atoms with Gasteiger partial charge < -0.3 is 4.74 Å². The summed E-state index contributed by atoms with van der Waals surface area (Å²) in [6.07, 6.45) is 5.73. The fraction of sp³-hybridized carbons (Fsp3) is 0.409. The highest BCUT2D eigenvalue weighted by Gasteiger charge is 2.33. The SMILES string of the molecule is Br.CCOC(=O)CCC(CCCCP)(Sc1ccccc1)Sc1ccccc1. The zero-order valence-corrected chi connectivity index (χ0v) is 20.8. The molecular weight excluding hydrogens is 471 g/mol. The summed E-state index contributed by atoms with van der Waals surface area (Å²) in [7, 11) is 2.82. The summed E-state index contributed by atoms with van der Waals surface area (Å²) in [5.74, 6) is -0.102. The molecule has 0 aliphatic rings. The molecule has 2 aromatic rings. The van der Waals surface area contributed by atoms with E-state index in [1.165, 1.54) is 16.2 Å². The van der Waals surface area contributed by atoms with Gasteiger partial charge in [0.05, 0.1) is 10.7 Å². The van der Waals surface area contributed by atoms with Crippen LogP contribution in [0.15, 0.2) is 70.5 Å². The van der Waals surface area contributed by atoms with E-state index in [1.54, 1.807) is 0 Å². The van der Waals surface area contributed by atoms with Gasteiger partial charge in [-0.3, -0.25) is 4.79 Å². The Labute approximate surface area is 191 Å². The molecule has 6 heteroatoms. The van der Waals surface area contributed by atoms with Gasteiger partial charge >= 0.3 is 5.97 Å². The Kier molecular flexibility index (Phi) is 13.2. The Balaban J connectivity index is 0.00000392. The average molecular weight is 501 g/mol. The molecule has 2 nitrogen and oxygen atoms in total. The maximum Gasteiger partial charge on any atom is 0.305 e. The Morgan fingerprint density at radius 3 is 1.93 bits per heavy atom. The van der Waals surface area contributed by atoms with Crippen LogP contribution in [0.2, 0.25) is 0 Å². The minimum Gasteiger partial charge on any atom is -0.466 e. The second-order valence-electron chi connectivity index (χ2n) is 6.29. The van der Waals surface area contributed by atoms with E-state index in [0.29, 0.717) is 13.0 Å². The highest BCUT2D eigenvalue weighted by Crippen LogP contribution is 2.51. The van der Waals surface area contributed by atoms with Crippen molar-refractivity contribution in [1.29, 1.82) is 0 Å². The summed E-state index contributed by atoms with van der Waals surface area (Å²) in [6.45, 7) is 2.30. The van der Waals surface area contributed by atoms with Gasteiger partial charge in [0, 0.05) is 16.2 Å². The van der Waals surface area contributed by atoms with Gasteiger partial charge in [-0.15, -0.1) is 49.7 Å². The molecule has 1 unspecified atom stereocenters. The normalized spacial score (nSPS) is 10.9. The number of rotatable bonds is 12. The highest BCUT2D eigenvalue weighted by molar-refractivity contribution is 8.93. The summed E-state index contributed by atoms with van der Waals surface area (Å²) in [5, 5.41) is 0. The van der Waals surface area contributed by atoms with Gasteiger partial charge in [-0.1, -0.05) is 42.8 Å². The lowest BCUT2D eigenvalue weighted by atomic mass is 10.1. The predicted molar refractivity (Wildman–Crippen MR) is 132 cm³/mol. The first kappa shape index (κ1) is 25.6. The molecule has 0 bridgehead atoms. The van der Waals surface area contributed by atoms with Gasteiger partial charge in [-0.2, -0.15) is 0 Å². The lowest BCUT2D eigenvalue weighted by Crippen LogP contribution is -2.22. The molecular formula is C22H30BrO2PS2. The van der Waals surface area contributed by atoms with E-state index in [-0.39, 0.29) is 27.0 Å². The van der Waals surface area contributed by atoms with Crippen molar-refractivity contribution in [3.63, 3.8) is 0 Å². The summed E-state index contributed by atoms with van der Waals surface area (Å²) in [6, 6.07) is 21.0. The summed E-state index contributed by atoms with van der Waals surface area (Å²) in [5.41, 5.74) is 0. The van der Waals surface area contributed by atoms with Gasteiger partial charge in [0.1, 0.15) is 0 Å². The maximum atomic E-state index is 12.1. The molecule has 2 aromatic carbocycles. The second kappa shape index (κ2) is 14.5. The van der Waals surface area contributed by atoms with Crippen LogP contribution in [0.5, 0.6) is 0 Å². The molecule has 0 heterocycles. The predicted octanol–water partition coefficient (Wildman–Crippen LogP) is 7.23. The number of thioether (sulfide) groups is 2. The average Bonchev–Trinajstić information content (AvgIpc) is 2.68. The molecule has 28 heavy (non-hydrogen) atoms. The van der Waals surface area contributed by atoms with Crippen LogP contribution in [0, 0.1) is 0 Å². The molecule has 0 fully saturated rings. The largest absolute Gasteiger partial charge is 0.466 e. The lowest BCUT2D eigenvalue weighted by molar-refractivity contribution is -0.143. The minimum atomic E-state index is -0.102. The number of hydrogen-bond acceptors (Lipinski definition) is 4. The highest BCUT2D eigenvalue weighted by atomic mass is 79.9. The molecule has 0 aromatic heterocycles. The molecule has 0 saturated carbocycles. The Hall–Kier alpha value is -0.480. The van der Waals surface area contributed by atoms with Gasteiger partial charge in [-0.25, -0.2) is 0 Å². The molecule has 0 aliphatic heterocycles. The van der Waals surface area contributed by atoms with E-state index < -0.39 is 0 Å². The monoisotopic (exact) mass is 500 g/mol. The van der Waals surface area contributed by atoms with Gasteiger partial charge in [-0.05, 0) is 56.6 Å². The van der Waals surface area contributed by atoms with Crippen LogP contribution in [0.3, 0.4) is 0 Å². The Morgan fingerprint density at radius 1 is 0.929 bits per heavy atom. The number of carbonyl (C=O) groups excluding carboxylic acids is 1. The Morgan fingerprint density at radius 2 is 1.46 bits per heavy atom.